The van der Waals surface area contributed by atoms with E-state index < -0.39 is 18.0 Å². The standard InChI is InChI=1S/C12H12ClNO4/c1-2-18-12(17)7-3-6-4-10(11(15)16)14-9(6)5-8(7)13/h3,5,10,14H,2,4H2,1H3,(H,15,16). The van der Waals surface area contributed by atoms with Crippen LogP contribution in [0.5, 0.6) is 0 Å². The molecule has 0 aromatic heterocycles. The summed E-state index contributed by atoms with van der Waals surface area (Å²) in [5, 5.41) is 12.0. The number of carboxylic acid groups (broad SMARTS) is 1. The second-order valence-corrected chi connectivity index (χ2v) is 4.36. The predicted molar refractivity (Wildman–Crippen MR) is 66.2 cm³/mol. The number of aliphatic carboxylic acids is 1. The van der Waals surface area contributed by atoms with E-state index >= 15 is 0 Å². The van der Waals surface area contributed by atoms with E-state index in [0.717, 1.165) is 5.56 Å². The maximum absolute atomic E-state index is 11.6. The van der Waals surface area contributed by atoms with E-state index in [1.807, 2.05) is 0 Å². The summed E-state index contributed by atoms with van der Waals surface area (Å²) in [7, 11) is 0. The Kier molecular flexibility index (Phi) is 3.43. The molecule has 0 radical (unpaired) electrons. The van der Waals surface area contributed by atoms with Crippen LogP contribution in [0, 0.1) is 0 Å². The molecule has 0 saturated heterocycles. The van der Waals surface area contributed by atoms with E-state index in [2.05, 4.69) is 5.32 Å². The number of ether oxygens (including phenoxy) is 1. The van der Waals surface area contributed by atoms with E-state index in [1.54, 1.807) is 19.1 Å². The minimum Gasteiger partial charge on any atom is -0.480 e. The number of carbonyl (C=O) groups excluding carboxylic acids is 1. The highest BCUT2D eigenvalue weighted by molar-refractivity contribution is 6.34. The molecule has 1 unspecified atom stereocenters. The highest BCUT2D eigenvalue weighted by Crippen LogP contribution is 2.32. The van der Waals surface area contributed by atoms with Gasteiger partial charge in [-0.05, 0) is 24.6 Å². The average Bonchev–Trinajstić information content (AvgIpc) is 2.71. The van der Waals surface area contributed by atoms with Crippen molar-refractivity contribution in [3.8, 4) is 0 Å². The van der Waals surface area contributed by atoms with Crippen molar-refractivity contribution in [2.24, 2.45) is 0 Å². The Labute approximate surface area is 109 Å². The predicted octanol–water partition coefficient (Wildman–Crippen LogP) is 1.94. The van der Waals surface area contributed by atoms with Gasteiger partial charge in [0.2, 0.25) is 0 Å². The highest BCUT2D eigenvalue weighted by Gasteiger charge is 2.28. The normalized spacial score (nSPS) is 16.9. The summed E-state index contributed by atoms with van der Waals surface area (Å²) in [6.07, 6.45) is 0.328. The van der Waals surface area contributed by atoms with Crippen LogP contribution in [0.25, 0.3) is 0 Å². The van der Waals surface area contributed by atoms with Gasteiger partial charge in [-0.15, -0.1) is 0 Å². The Bertz CT molecular complexity index is 515. The van der Waals surface area contributed by atoms with Crippen molar-refractivity contribution in [2.45, 2.75) is 19.4 Å². The smallest absolute Gasteiger partial charge is 0.339 e. The molecule has 5 nitrogen and oxygen atoms in total. The zero-order valence-corrected chi connectivity index (χ0v) is 10.5. The van der Waals surface area contributed by atoms with Gasteiger partial charge in [0.1, 0.15) is 6.04 Å². The van der Waals surface area contributed by atoms with Crippen LogP contribution in [-0.2, 0) is 16.0 Å². The van der Waals surface area contributed by atoms with Crippen LogP contribution < -0.4 is 5.32 Å². The minimum atomic E-state index is -0.931. The van der Waals surface area contributed by atoms with Gasteiger partial charge in [0.15, 0.2) is 0 Å². The van der Waals surface area contributed by atoms with Crippen molar-refractivity contribution in [2.75, 3.05) is 11.9 Å². The number of halogens is 1. The Morgan fingerprint density at radius 3 is 2.89 bits per heavy atom. The molecular weight excluding hydrogens is 258 g/mol. The lowest BCUT2D eigenvalue weighted by atomic mass is 10.1. The van der Waals surface area contributed by atoms with Crippen LogP contribution in [0.15, 0.2) is 12.1 Å². The van der Waals surface area contributed by atoms with Crippen molar-refractivity contribution in [3.05, 3.63) is 28.3 Å². The fraction of sp³-hybridized carbons (Fsp3) is 0.333. The van der Waals surface area contributed by atoms with Gasteiger partial charge in [0.25, 0.3) is 0 Å². The number of benzene rings is 1. The molecule has 1 aliphatic rings. The topological polar surface area (TPSA) is 75.6 Å². The van der Waals surface area contributed by atoms with Gasteiger partial charge in [-0.2, -0.15) is 0 Å². The molecule has 0 fully saturated rings. The monoisotopic (exact) mass is 269 g/mol. The Morgan fingerprint density at radius 2 is 2.28 bits per heavy atom. The van der Waals surface area contributed by atoms with Crippen LogP contribution in [0.4, 0.5) is 5.69 Å². The van der Waals surface area contributed by atoms with E-state index in [4.69, 9.17) is 21.4 Å². The third-order valence-corrected chi connectivity index (χ3v) is 3.05. The van der Waals surface area contributed by atoms with Gasteiger partial charge in [-0.3, -0.25) is 0 Å². The lowest BCUT2D eigenvalue weighted by Gasteiger charge is -2.07. The van der Waals surface area contributed by atoms with E-state index in [-0.39, 0.29) is 17.2 Å². The molecule has 6 heteroatoms. The van der Waals surface area contributed by atoms with Crippen LogP contribution in [0.3, 0.4) is 0 Å². The summed E-state index contributed by atoms with van der Waals surface area (Å²) < 4.78 is 4.88. The number of nitrogens with one attached hydrogen (secondary N) is 1. The molecule has 1 aromatic rings. The molecule has 2 N–H and O–H groups in total. The maximum Gasteiger partial charge on any atom is 0.339 e. The summed E-state index contributed by atoms with van der Waals surface area (Å²) in [5.41, 5.74) is 1.68. The van der Waals surface area contributed by atoms with Crippen molar-refractivity contribution in [3.63, 3.8) is 0 Å². The number of anilines is 1. The molecule has 1 heterocycles. The van der Waals surface area contributed by atoms with Gasteiger partial charge >= 0.3 is 11.9 Å². The number of hydrogen-bond acceptors (Lipinski definition) is 4. The van der Waals surface area contributed by atoms with Crippen molar-refractivity contribution in [1.82, 2.24) is 0 Å². The average molecular weight is 270 g/mol. The SMILES string of the molecule is CCOC(=O)c1cc2c(cc1Cl)NC(C(=O)O)C2. The first kappa shape index (κ1) is 12.7. The molecule has 1 atom stereocenters. The zero-order valence-electron chi connectivity index (χ0n) is 9.70. The molecule has 96 valence electrons. The number of rotatable bonds is 3. The first-order valence-corrected chi connectivity index (χ1v) is 5.89. The third-order valence-electron chi connectivity index (χ3n) is 2.74. The fourth-order valence-electron chi connectivity index (χ4n) is 1.89. The van der Waals surface area contributed by atoms with Crippen LogP contribution >= 0.6 is 11.6 Å². The van der Waals surface area contributed by atoms with Crippen LogP contribution in [0.1, 0.15) is 22.8 Å². The summed E-state index contributed by atoms with van der Waals surface area (Å²) in [4.78, 5) is 22.5. The molecular formula is C12H12ClNO4. The van der Waals surface area contributed by atoms with Crippen molar-refractivity contribution >= 4 is 29.2 Å². The van der Waals surface area contributed by atoms with Crippen molar-refractivity contribution < 1.29 is 19.4 Å². The number of fused-ring (bicyclic) bond motifs is 1. The number of carbonyl (C=O) groups is 2. The van der Waals surface area contributed by atoms with Crippen molar-refractivity contribution in [1.29, 1.82) is 0 Å². The summed E-state index contributed by atoms with van der Waals surface area (Å²) in [6, 6.07) is 2.48. The second kappa shape index (κ2) is 4.86. The molecule has 0 bridgehead atoms. The van der Waals surface area contributed by atoms with E-state index in [1.165, 1.54) is 0 Å². The summed E-state index contributed by atoms with van der Waals surface area (Å²) in [6.45, 7) is 1.98. The lowest BCUT2D eigenvalue weighted by Crippen LogP contribution is -2.26. The largest absolute Gasteiger partial charge is 0.480 e. The van der Waals surface area contributed by atoms with E-state index in [0.29, 0.717) is 12.1 Å². The van der Waals surface area contributed by atoms with Gasteiger partial charge in [0, 0.05) is 12.1 Å². The Morgan fingerprint density at radius 1 is 1.56 bits per heavy atom. The molecule has 0 amide bonds. The number of hydrogen-bond donors (Lipinski definition) is 2. The summed E-state index contributed by atoms with van der Waals surface area (Å²) >= 11 is 5.98. The minimum absolute atomic E-state index is 0.255. The summed E-state index contributed by atoms with van der Waals surface area (Å²) in [5.74, 6) is -1.43. The fourth-order valence-corrected chi connectivity index (χ4v) is 2.14. The molecule has 1 aliphatic heterocycles. The van der Waals surface area contributed by atoms with Gasteiger partial charge in [-0.25, -0.2) is 9.59 Å². The lowest BCUT2D eigenvalue weighted by molar-refractivity contribution is -0.137. The number of carboxylic acids is 1. The second-order valence-electron chi connectivity index (χ2n) is 3.95. The van der Waals surface area contributed by atoms with E-state index in [9.17, 15) is 9.59 Å². The molecule has 0 aliphatic carbocycles. The first-order valence-electron chi connectivity index (χ1n) is 5.51. The van der Waals surface area contributed by atoms with Crippen LogP contribution in [0.2, 0.25) is 5.02 Å². The first-order chi connectivity index (χ1) is 8.52. The van der Waals surface area contributed by atoms with Crippen LogP contribution in [-0.4, -0.2) is 29.7 Å². The Hall–Kier alpha value is -1.75. The molecule has 0 saturated carbocycles. The molecule has 1 aromatic carbocycles. The molecule has 0 spiro atoms. The number of esters is 1. The molecule has 18 heavy (non-hydrogen) atoms. The van der Waals surface area contributed by atoms with Gasteiger partial charge in [0.05, 0.1) is 17.2 Å². The van der Waals surface area contributed by atoms with Gasteiger partial charge in [-0.1, -0.05) is 11.6 Å². The quantitative estimate of drug-likeness (QED) is 0.820. The Balaban J connectivity index is 2.31. The maximum atomic E-state index is 11.6. The molecule has 2 rings (SSSR count). The third kappa shape index (κ3) is 2.26. The zero-order chi connectivity index (χ0) is 13.3. The highest BCUT2D eigenvalue weighted by atomic mass is 35.5. The van der Waals surface area contributed by atoms with Gasteiger partial charge < -0.3 is 15.2 Å².